The van der Waals surface area contributed by atoms with E-state index in [4.69, 9.17) is 0 Å². The van der Waals surface area contributed by atoms with Crippen molar-refractivity contribution in [2.45, 2.75) is 37.9 Å². The average Bonchev–Trinajstić information content (AvgIpc) is 2.64. The van der Waals surface area contributed by atoms with Crippen LogP contribution < -0.4 is 5.32 Å². The molecule has 104 valence electrons. The monoisotopic (exact) mass is 269 g/mol. The Morgan fingerprint density at radius 2 is 2.00 bits per heavy atom. The van der Waals surface area contributed by atoms with Crippen LogP contribution in [0.3, 0.4) is 0 Å². The number of nitrogens with one attached hydrogen (secondary N) is 1. The van der Waals surface area contributed by atoms with Crippen LogP contribution in [0.25, 0.3) is 6.08 Å². The molecule has 1 saturated heterocycles. The minimum Gasteiger partial charge on any atom is -0.311 e. The third-order valence-corrected chi connectivity index (χ3v) is 3.33. The van der Waals surface area contributed by atoms with E-state index in [2.05, 4.69) is 5.32 Å². The lowest BCUT2D eigenvalue weighted by Gasteiger charge is -2.10. The number of hydrogen-bond donors (Lipinski definition) is 1. The van der Waals surface area contributed by atoms with Crippen LogP contribution in [0.1, 0.15) is 36.8 Å². The Labute approximate surface area is 111 Å². The fourth-order valence-corrected chi connectivity index (χ4v) is 2.27. The molecule has 0 amide bonds. The van der Waals surface area contributed by atoms with Gasteiger partial charge in [-0.3, -0.25) is 0 Å². The maximum Gasteiger partial charge on any atom is 0.416 e. The van der Waals surface area contributed by atoms with Crippen molar-refractivity contribution in [2.24, 2.45) is 0 Å². The molecule has 1 nitrogen and oxygen atoms in total. The molecule has 1 atom stereocenters. The van der Waals surface area contributed by atoms with Gasteiger partial charge >= 0.3 is 6.18 Å². The highest BCUT2D eigenvalue weighted by molar-refractivity contribution is 5.51. The van der Waals surface area contributed by atoms with Crippen molar-refractivity contribution in [3.8, 4) is 0 Å². The van der Waals surface area contributed by atoms with Crippen LogP contribution in [0.4, 0.5) is 13.2 Å². The van der Waals surface area contributed by atoms with Crippen molar-refractivity contribution >= 4 is 6.08 Å². The molecule has 1 fully saturated rings. The van der Waals surface area contributed by atoms with Crippen molar-refractivity contribution in [1.29, 1.82) is 0 Å². The van der Waals surface area contributed by atoms with Crippen LogP contribution in [0.5, 0.6) is 0 Å². The lowest BCUT2D eigenvalue weighted by Crippen LogP contribution is -2.25. The molecule has 19 heavy (non-hydrogen) atoms. The molecule has 0 bridgehead atoms. The molecular formula is C15H18F3N. The maximum atomic E-state index is 12.6. The van der Waals surface area contributed by atoms with Gasteiger partial charge < -0.3 is 5.32 Å². The van der Waals surface area contributed by atoms with Crippen molar-refractivity contribution in [3.05, 3.63) is 41.5 Å². The predicted octanol–water partition coefficient (Wildman–Crippen LogP) is 4.25. The lowest BCUT2D eigenvalue weighted by molar-refractivity contribution is -0.137. The summed E-state index contributed by atoms with van der Waals surface area (Å²) in [6, 6.07) is 5.71. The van der Waals surface area contributed by atoms with Gasteiger partial charge in [-0.25, -0.2) is 0 Å². The molecule has 0 aromatic heterocycles. The zero-order chi connectivity index (χ0) is 13.7. The van der Waals surface area contributed by atoms with Crippen LogP contribution in [-0.2, 0) is 6.18 Å². The summed E-state index contributed by atoms with van der Waals surface area (Å²) in [7, 11) is 0. The molecule has 1 aromatic carbocycles. The van der Waals surface area contributed by atoms with E-state index in [1.165, 1.54) is 31.4 Å². The normalized spacial score (nSPS) is 21.5. The topological polar surface area (TPSA) is 12.0 Å². The third kappa shape index (κ3) is 4.39. The molecule has 1 N–H and O–H groups in total. The molecular weight excluding hydrogens is 251 g/mol. The number of alkyl halides is 3. The standard InChI is InChI=1S/C15H18F3N/c16-15(17,18)13-6-4-5-12(11-13)8-9-14-7-2-1-3-10-19-14/h4-6,8-9,11,14,19H,1-3,7,10H2/b9-8+. The minimum atomic E-state index is -4.27. The molecule has 0 spiro atoms. The summed E-state index contributed by atoms with van der Waals surface area (Å²) in [4.78, 5) is 0. The summed E-state index contributed by atoms with van der Waals surface area (Å²) < 4.78 is 37.7. The molecule has 0 radical (unpaired) electrons. The highest BCUT2D eigenvalue weighted by Gasteiger charge is 2.30. The second-order valence-electron chi connectivity index (χ2n) is 4.89. The minimum absolute atomic E-state index is 0.275. The highest BCUT2D eigenvalue weighted by atomic mass is 19.4. The van der Waals surface area contributed by atoms with Gasteiger partial charge in [-0.05, 0) is 37.1 Å². The van der Waals surface area contributed by atoms with Gasteiger partial charge in [0.25, 0.3) is 0 Å². The lowest BCUT2D eigenvalue weighted by atomic mass is 10.1. The first kappa shape index (κ1) is 14.1. The van der Waals surface area contributed by atoms with E-state index < -0.39 is 11.7 Å². The Kier molecular flexibility index (Phi) is 4.64. The Morgan fingerprint density at radius 3 is 2.79 bits per heavy atom. The fraction of sp³-hybridized carbons (Fsp3) is 0.467. The van der Waals surface area contributed by atoms with Crippen LogP contribution in [0.2, 0.25) is 0 Å². The van der Waals surface area contributed by atoms with Crippen molar-refractivity contribution in [3.63, 3.8) is 0 Å². The number of rotatable bonds is 2. The van der Waals surface area contributed by atoms with Crippen LogP contribution in [0.15, 0.2) is 30.3 Å². The highest BCUT2D eigenvalue weighted by Crippen LogP contribution is 2.29. The van der Waals surface area contributed by atoms with Gasteiger partial charge in [0.05, 0.1) is 5.56 Å². The molecule has 1 aromatic rings. The van der Waals surface area contributed by atoms with E-state index in [1.54, 1.807) is 12.1 Å². The van der Waals surface area contributed by atoms with Crippen LogP contribution >= 0.6 is 0 Å². The first-order valence-corrected chi connectivity index (χ1v) is 6.64. The first-order chi connectivity index (χ1) is 9.05. The summed E-state index contributed by atoms with van der Waals surface area (Å²) in [5.41, 5.74) is 0.00403. The fourth-order valence-electron chi connectivity index (χ4n) is 2.27. The van der Waals surface area contributed by atoms with Gasteiger partial charge in [-0.1, -0.05) is 37.1 Å². The van der Waals surface area contributed by atoms with Crippen molar-refractivity contribution < 1.29 is 13.2 Å². The second kappa shape index (κ2) is 6.24. The molecule has 1 unspecified atom stereocenters. The SMILES string of the molecule is FC(F)(F)c1cccc(/C=C/C2CCCCCN2)c1. The van der Waals surface area contributed by atoms with E-state index in [0.29, 0.717) is 5.56 Å². The van der Waals surface area contributed by atoms with E-state index in [9.17, 15) is 13.2 Å². The Morgan fingerprint density at radius 1 is 1.16 bits per heavy atom. The predicted molar refractivity (Wildman–Crippen MR) is 70.7 cm³/mol. The van der Waals surface area contributed by atoms with E-state index in [-0.39, 0.29) is 6.04 Å². The Bertz CT molecular complexity index is 429. The van der Waals surface area contributed by atoms with Gasteiger partial charge in [-0.15, -0.1) is 0 Å². The van der Waals surface area contributed by atoms with Crippen LogP contribution in [-0.4, -0.2) is 12.6 Å². The smallest absolute Gasteiger partial charge is 0.311 e. The first-order valence-electron chi connectivity index (χ1n) is 6.64. The summed E-state index contributed by atoms with van der Waals surface area (Å²) in [5.74, 6) is 0. The molecule has 1 aliphatic heterocycles. The Balaban J connectivity index is 2.05. The summed E-state index contributed by atoms with van der Waals surface area (Å²) in [6.45, 7) is 0.984. The van der Waals surface area contributed by atoms with E-state index in [1.807, 2.05) is 6.08 Å². The van der Waals surface area contributed by atoms with Gasteiger partial charge in [-0.2, -0.15) is 13.2 Å². The molecule has 0 saturated carbocycles. The van der Waals surface area contributed by atoms with Crippen LogP contribution in [0, 0.1) is 0 Å². The molecule has 1 heterocycles. The number of benzene rings is 1. The third-order valence-electron chi connectivity index (χ3n) is 3.33. The van der Waals surface area contributed by atoms with Gasteiger partial charge in [0.2, 0.25) is 0 Å². The summed E-state index contributed by atoms with van der Waals surface area (Å²) in [5, 5.41) is 3.39. The van der Waals surface area contributed by atoms with Gasteiger partial charge in [0, 0.05) is 6.04 Å². The Hall–Kier alpha value is -1.29. The number of hydrogen-bond acceptors (Lipinski definition) is 1. The zero-order valence-corrected chi connectivity index (χ0v) is 10.7. The van der Waals surface area contributed by atoms with E-state index in [0.717, 1.165) is 19.0 Å². The quantitative estimate of drug-likeness (QED) is 0.846. The summed E-state index contributed by atoms with van der Waals surface area (Å²) >= 11 is 0. The molecule has 0 aliphatic carbocycles. The second-order valence-corrected chi connectivity index (χ2v) is 4.89. The van der Waals surface area contributed by atoms with Crippen molar-refractivity contribution in [2.75, 3.05) is 6.54 Å². The average molecular weight is 269 g/mol. The number of halogens is 3. The zero-order valence-electron chi connectivity index (χ0n) is 10.7. The largest absolute Gasteiger partial charge is 0.416 e. The maximum absolute atomic E-state index is 12.6. The summed E-state index contributed by atoms with van der Waals surface area (Å²) in [6.07, 6.45) is 4.10. The molecule has 4 heteroatoms. The molecule has 1 aliphatic rings. The van der Waals surface area contributed by atoms with Gasteiger partial charge in [0.15, 0.2) is 0 Å². The van der Waals surface area contributed by atoms with Gasteiger partial charge in [0.1, 0.15) is 0 Å². The molecule has 2 rings (SSSR count). The van der Waals surface area contributed by atoms with Crippen molar-refractivity contribution in [1.82, 2.24) is 5.32 Å². The van der Waals surface area contributed by atoms with E-state index >= 15 is 0 Å².